The molecule has 1 aliphatic rings. The second kappa shape index (κ2) is 2.94. The van der Waals surface area contributed by atoms with Gasteiger partial charge in [0, 0.05) is 6.54 Å². The molecule has 0 aliphatic carbocycles. The number of carbonyl (C=O) groups is 1. The van der Waals surface area contributed by atoms with Gasteiger partial charge in [0.05, 0.1) is 12.1 Å². The molecule has 9 heavy (non-hydrogen) atoms. The molecule has 0 spiro atoms. The van der Waals surface area contributed by atoms with Gasteiger partial charge in [-0.05, 0) is 12.8 Å². The summed E-state index contributed by atoms with van der Waals surface area (Å²) < 4.78 is 0. The van der Waals surface area contributed by atoms with Crippen molar-refractivity contribution in [3.8, 4) is 0 Å². The zero-order valence-electron chi connectivity index (χ0n) is 5.21. The summed E-state index contributed by atoms with van der Waals surface area (Å²) in [6.45, 7) is 0.559. The van der Waals surface area contributed by atoms with Crippen LogP contribution >= 0.6 is 0 Å². The van der Waals surface area contributed by atoms with Crippen LogP contribution in [0.2, 0.25) is 0 Å². The lowest BCUT2D eigenvalue weighted by Crippen LogP contribution is -2.42. The summed E-state index contributed by atoms with van der Waals surface area (Å²) in [4.78, 5) is 10.1. The summed E-state index contributed by atoms with van der Waals surface area (Å²) in [5.41, 5.74) is 0. The molecular formula is C6H11NO2. The number of carbonyl (C=O) groups excluding carboxylic acids is 1. The highest BCUT2D eigenvalue weighted by Gasteiger charge is 2.16. The van der Waals surface area contributed by atoms with E-state index in [1.165, 1.54) is 0 Å². The van der Waals surface area contributed by atoms with Crippen LogP contribution in [0.25, 0.3) is 0 Å². The van der Waals surface area contributed by atoms with Gasteiger partial charge < -0.3 is 15.2 Å². The van der Waals surface area contributed by atoms with E-state index in [1.54, 1.807) is 0 Å². The minimum Gasteiger partial charge on any atom is -0.392 e. The van der Waals surface area contributed by atoms with E-state index in [9.17, 15) is 4.79 Å². The standard InChI is InChI=1S/C6H11NO2/c8-4-5-1-2-6(9)3-7-5/h4-7,9H,1-3H2/t5?,6-/m0/s1. The molecule has 0 aromatic carbocycles. The largest absolute Gasteiger partial charge is 0.392 e. The lowest BCUT2D eigenvalue weighted by atomic mass is 10.0. The molecule has 0 amide bonds. The molecule has 0 saturated carbocycles. The fourth-order valence-corrected chi connectivity index (χ4v) is 0.980. The van der Waals surface area contributed by atoms with Crippen LogP contribution in [0, 0.1) is 0 Å². The fourth-order valence-electron chi connectivity index (χ4n) is 0.980. The van der Waals surface area contributed by atoms with Crippen LogP contribution in [0.1, 0.15) is 12.8 Å². The minimum absolute atomic E-state index is 0.0200. The smallest absolute Gasteiger partial charge is 0.136 e. The number of hydrogen-bond donors (Lipinski definition) is 2. The molecule has 1 aliphatic heterocycles. The number of hydrogen-bond acceptors (Lipinski definition) is 3. The van der Waals surface area contributed by atoms with E-state index in [0.717, 1.165) is 19.1 Å². The third-order valence-corrected chi connectivity index (χ3v) is 1.59. The lowest BCUT2D eigenvalue weighted by Gasteiger charge is -2.22. The number of piperidine rings is 1. The molecule has 1 fully saturated rings. The number of β-amino-alcohol motifs (C(OH)–C–C–N with tert-alkyl or cyclic N) is 1. The quantitative estimate of drug-likeness (QED) is 0.460. The first kappa shape index (κ1) is 6.71. The molecule has 2 atom stereocenters. The Hall–Kier alpha value is -0.410. The van der Waals surface area contributed by atoms with E-state index < -0.39 is 0 Å². The molecule has 1 saturated heterocycles. The maximum Gasteiger partial charge on any atom is 0.136 e. The molecule has 1 unspecified atom stereocenters. The van der Waals surface area contributed by atoms with Crippen molar-refractivity contribution in [1.29, 1.82) is 0 Å². The molecule has 0 radical (unpaired) electrons. The van der Waals surface area contributed by atoms with Gasteiger partial charge in [-0.2, -0.15) is 0 Å². The fraction of sp³-hybridized carbons (Fsp3) is 0.833. The molecule has 1 heterocycles. The summed E-state index contributed by atoms with van der Waals surface area (Å²) in [6.07, 6.45) is 2.16. The molecular weight excluding hydrogens is 118 g/mol. The molecule has 1 rings (SSSR count). The number of rotatable bonds is 1. The van der Waals surface area contributed by atoms with Crippen molar-refractivity contribution in [2.45, 2.75) is 25.0 Å². The first-order valence-electron chi connectivity index (χ1n) is 3.19. The predicted octanol–water partition coefficient (Wildman–Crippen LogP) is -0.702. The lowest BCUT2D eigenvalue weighted by molar-refractivity contribution is -0.110. The van der Waals surface area contributed by atoms with E-state index >= 15 is 0 Å². The Kier molecular flexibility index (Phi) is 2.19. The van der Waals surface area contributed by atoms with E-state index in [1.807, 2.05) is 0 Å². The Morgan fingerprint density at radius 2 is 2.33 bits per heavy atom. The Labute approximate surface area is 54.1 Å². The highest BCUT2D eigenvalue weighted by atomic mass is 16.3. The zero-order chi connectivity index (χ0) is 6.69. The molecule has 2 N–H and O–H groups in total. The van der Waals surface area contributed by atoms with Crippen molar-refractivity contribution in [2.75, 3.05) is 6.54 Å². The van der Waals surface area contributed by atoms with Gasteiger partial charge in [0.2, 0.25) is 0 Å². The summed E-state index contributed by atoms with van der Waals surface area (Å²) in [6, 6.07) is -0.0200. The van der Waals surface area contributed by atoms with Crippen molar-refractivity contribution in [3.05, 3.63) is 0 Å². The van der Waals surface area contributed by atoms with Gasteiger partial charge in [0.15, 0.2) is 0 Å². The van der Waals surface area contributed by atoms with Gasteiger partial charge in [-0.25, -0.2) is 0 Å². The number of aliphatic hydroxyl groups is 1. The first-order valence-corrected chi connectivity index (χ1v) is 3.19. The minimum atomic E-state index is -0.249. The highest BCUT2D eigenvalue weighted by Crippen LogP contribution is 2.05. The highest BCUT2D eigenvalue weighted by molar-refractivity contribution is 5.57. The van der Waals surface area contributed by atoms with Crippen molar-refractivity contribution in [2.24, 2.45) is 0 Å². The van der Waals surface area contributed by atoms with Crippen LogP contribution < -0.4 is 5.32 Å². The van der Waals surface area contributed by atoms with Gasteiger partial charge in [-0.3, -0.25) is 0 Å². The average molecular weight is 129 g/mol. The van der Waals surface area contributed by atoms with E-state index in [4.69, 9.17) is 5.11 Å². The second-order valence-corrected chi connectivity index (χ2v) is 2.38. The molecule has 0 bridgehead atoms. The molecule has 0 aromatic rings. The predicted molar refractivity (Wildman–Crippen MR) is 33.1 cm³/mol. The van der Waals surface area contributed by atoms with E-state index in [-0.39, 0.29) is 12.1 Å². The van der Waals surface area contributed by atoms with Crippen LogP contribution in [0.3, 0.4) is 0 Å². The second-order valence-electron chi connectivity index (χ2n) is 2.38. The number of aldehydes is 1. The molecule has 0 aromatic heterocycles. The third kappa shape index (κ3) is 1.77. The maximum atomic E-state index is 10.1. The van der Waals surface area contributed by atoms with Crippen LogP contribution in [-0.4, -0.2) is 30.1 Å². The third-order valence-electron chi connectivity index (χ3n) is 1.59. The van der Waals surface area contributed by atoms with Crippen molar-refractivity contribution in [1.82, 2.24) is 5.32 Å². The van der Waals surface area contributed by atoms with Crippen LogP contribution in [-0.2, 0) is 4.79 Å². The molecule has 3 heteroatoms. The molecule has 52 valence electrons. The summed E-state index contributed by atoms with van der Waals surface area (Å²) >= 11 is 0. The van der Waals surface area contributed by atoms with Gasteiger partial charge >= 0.3 is 0 Å². The number of aliphatic hydroxyl groups excluding tert-OH is 1. The van der Waals surface area contributed by atoms with Crippen LogP contribution in [0.4, 0.5) is 0 Å². The van der Waals surface area contributed by atoms with Gasteiger partial charge in [-0.1, -0.05) is 0 Å². The maximum absolute atomic E-state index is 10.1. The topological polar surface area (TPSA) is 49.3 Å². The average Bonchev–Trinajstić information content (AvgIpc) is 1.90. The first-order chi connectivity index (χ1) is 4.33. The Balaban J connectivity index is 2.26. The van der Waals surface area contributed by atoms with Crippen LogP contribution in [0.15, 0.2) is 0 Å². The van der Waals surface area contributed by atoms with E-state index in [0.29, 0.717) is 6.54 Å². The van der Waals surface area contributed by atoms with Gasteiger partial charge in [0.25, 0.3) is 0 Å². The van der Waals surface area contributed by atoms with Gasteiger partial charge in [-0.15, -0.1) is 0 Å². The molecule has 3 nitrogen and oxygen atoms in total. The summed E-state index contributed by atoms with van der Waals surface area (Å²) in [5.74, 6) is 0. The normalized spacial score (nSPS) is 36.1. The Bertz CT molecular complexity index is 97.2. The number of nitrogens with one attached hydrogen (secondary N) is 1. The summed E-state index contributed by atoms with van der Waals surface area (Å²) in [5, 5.41) is 11.8. The van der Waals surface area contributed by atoms with Crippen LogP contribution in [0.5, 0.6) is 0 Å². The van der Waals surface area contributed by atoms with Crippen molar-refractivity contribution >= 4 is 6.29 Å². The monoisotopic (exact) mass is 129 g/mol. The Morgan fingerprint density at radius 1 is 1.56 bits per heavy atom. The van der Waals surface area contributed by atoms with E-state index in [2.05, 4.69) is 5.32 Å². The van der Waals surface area contributed by atoms with Gasteiger partial charge in [0.1, 0.15) is 6.29 Å². The SMILES string of the molecule is O=CC1CC[C@H](O)CN1. The van der Waals surface area contributed by atoms with Crippen molar-refractivity contribution in [3.63, 3.8) is 0 Å². The summed E-state index contributed by atoms with van der Waals surface area (Å²) in [7, 11) is 0. The van der Waals surface area contributed by atoms with Crippen molar-refractivity contribution < 1.29 is 9.90 Å². The Morgan fingerprint density at radius 3 is 2.78 bits per heavy atom. The zero-order valence-corrected chi connectivity index (χ0v) is 5.21.